The minimum absolute atomic E-state index is 0.0116. The Labute approximate surface area is 145 Å². The summed E-state index contributed by atoms with van der Waals surface area (Å²) in [6.07, 6.45) is 0. The van der Waals surface area contributed by atoms with Gasteiger partial charge < -0.3 is 15.0 Å². The molecule has 1 N–H and O–H groups in total. The van der Waals surface area contributed by atoms with Gasteiger partial charge in [0.1, 0.15) is 0 Å². The van der Waals surface area contributed by atoms with Crippen LogP contribution in [-0.4, -0.2) is 42.0 Å². The maximum absolute atomic E-state index is 12.6. The zero-order chi connectivity index (χ0) is 17.2. The zero-order valence-electron chi connectivity index (χ0n) is 13.7. The molecule has 1 aromatic heterocycles. The van der Waals surface area contributed by atoms with Crippen molar-refractivity contribution in [3.05, 3.63) is 52.2 Å². The van der Waals surface area contributed by atoms with E-state index < -0.39 is 0 Å². The van der Waals surface area contributed by atoms with Crippen LogP contribution in [0.4, 0.5) is 5.69 Å². The number of nitrogens with zero attached hydrogens (tertiary/aromatic N) is 1. The molecule has 2 heterocycles. The lowest BCUT2D eigenvalue weighted by atomic mass is 10.1. The Kier molecular flexibility index (Phi) is 4.69. The first-order valence-corrected chi connectivity index (χ1v) is 8.71. The predicted molar refractivity (Wildman–Crippen MR) is 94.6 cm³/mol. The van der Waals surface area contributed by atoms with Gasteiger partial charge in [-0.15, -0.1) is 11.3 Å². The van der Waals surface area contributed by atoms with Crippen LogP contribution in [0.15, 0.2) is 41.8 Å². The number of carbonyl (C=O) groups excluding carboxylic acids is 2. The maximum atomic E-state index is 12.6. The summed E-state index contributed by atoms with van der Waals surface area (Å²) in [7, 11) is 0. The molecule has 3 rings (SSSR count). The summed E-state index contributed by atoms with van der Waals surface area (Å²) >= 11 is 1.39. The van der Waals surface area contributed by atoms with Gasteiger partial charge in [0.25, 0.3) is 11.8 Å². The van der Waals surface area contributed by atoms with Gasteiger partial charge >= 0.3 is 0 Å². The van der Waals surface area contributed by atoms with Gasteiger partial charge in [-0.05, 0) is 49.6 Å². The molecule has 0 spiro atoms. The number of hydrogen-bond acceptors (Lipinski definition) is 4. The van der Waals surface area contributed by atoms with E-state index in [0.717, 1.165) is 0 Å². The molecular weight excluding hydrogens is 324 g/mol. The van der Waals surface area contributed by atoms with Crippen LogP contribution in [0.2, 0.25) is 0 Å². The van der Waals surface area contributed by atoms with Crippen molar-refractivity contribution in [3.8, 4) is 0 Å². The van der Waals surface area contributed by atoms with E-state index in [2.05, 4.69) is 5.32 Å². The Hall–Kier alpha value is -2.18. The molecule has 2 amide bonds. The van der Waals surface area contributed by atoms with Gasteiger partial charge in [-0.1, -0.05) is 6.07 Å². The molecule has 0 unspecified atom stereocenters. The van der Waals surface area contributed by atoms with Crippen LogP contribution in [-0.2, 0) is 4.74 Å². The average molecular weight is 344 g/mol. The van der Waals surface area contributed by atoms with E-state index in [0.29, 0.717) is 35.8 Å². The lowest BCUT2D eigenvalue weighted by Crippen LogP contribution is -2.50. The van der Waals surface area contributed by atoms with Crippen LogP contribution in [0.25, 0.3) is 0 Å². The minimum Gasteiger partial charge on any atom is -0.372 e. The highest BCUT2D eigenvalue weighted by molar-refractivity contribution is 7.12. The van der Waals surface area contributed by atoms with Crippen LogP contribution in [0.1, 0.15) is 33.9 Å². The first-order chi connectivity index (χ1) is 11.4. The fourth-order valence-electron chi connectivity index (χ4n) is 2.67. The van der Waals surface area contributed by atoms with Crippen molar-refractivity contribution in [1.29, 1.82) is 0 Å². The molecule has 1 saturated heterocycles. The topological polar surface area (TPSA) is 58.6 Å². The number of morpholine rings is 1. The molecule has 6 heteroatoms. The van der Waals surface area contributed by atoms with Crippen LogP contribution >= 0.6 is 11.3 Å². The first-order valence-electron chi connectivity index (χ1n) is 7.83. The van der Waals surface area contributed by atoms with Crippen molar-refractivity contribution >= 4 is 28.8 Å². The highest BCUT2D eigenvalue weighted by atomic mass is 32.1. The Morgan fingerprint density at radius 3 is 2.58 bits per heavy atom. The summed E-state index contributed by atoms with van der Waals surface area (Å²) in [5.74, 6) is -0.151. The number of amides is 2. The molecule has 0 radical (unpaired) electrons. The molecule has 0 bridgehead atoms. The summed E-state index contributed by atoms with van der Waals surface area (Å²) in [5.41, 5.74) is 0.969. The lowest BCUT2D eigenvalue weighted by molar-refractivity contribution is -0.0764. The summed E-state index contributed by atoms with van der Waals surface area (Å²) in [5, 5.41) is 4.69. The van der Waals surface area contributed by atoms with Crippen molar-refractivity contribution in [2.75, 3.05) is 25.0 Å². The van der Waals surface area contributed by atoms with Gasteiger partial charge in [-0.25, -0.2) is 0 Å². The maximum Gasteiger partial charge on any atom is 0.265 e. The Morgan fingerprint density at radius 2 is 1.96 bits per heavy atom. The Bertz CT molecular complexity index is 723. The number of benzene rings is 1. The van der Waals surface area contributed by atoms with Crippen molar-refractivity contribution < 1.29 is 14.3 Å². The van der Waals surface area contributed by atoms with E-state index in [-0.39, 0.29) is 17.4 Å². The SMILES string of the molecule is CC1(C)CN(C(=O)c2ccc(NC(=O)c3cccs3)cc2)CCO1. The molecule has 2 aromatic rings. The van der Waals surface area contributed by atoms with E-state index in [1.54, 1.807) is 30.3 Å². The number of ether oxygens (including phenoxy) is 1. The van der Waals surface area contributed by atoms with E-state index in [1.807, 2.05) is 30.2 Å². The van der Waals surface area contributed by atoms with Gasteiger partial charge in [0, 0.05) is 24.3 Å². The molecule has 0 aliphatic carbocycles. The molecule has 5 nitrogen and oxygen atoms in total. The van der Waals surface area contributed by atoms with Crippen molar-refractivity contribution in [2.24, 2.45) is 0 Å². The minimum atomic E-state index is -0.317. The third-order valence-electron chi connectivity index (χ3n) is 3.85. The summed E-state index contributed by atoms with van der Waals surface area (Å²) in [4.78, 5) is 27.1. The molecule has 0 saturated carbocycles. The van der Waals surface area contributed by atoms with Crippen molar-refractivity contribution in [2.45, 2.75) is 19.4 Å². The Balaban J connectivity index is 1.66. The van der Waals surface area contributed by atoms with E-state index in [9.17, 15) is 9.59 Å². The quantitative estimate of drug-likeness (QED) is 0.930. The van der Waals surface area contributed by atoms with Crippen LogP contribution in [0.3, 0.4) is 0 Å². The lowest BCUT2D eigenvalue weighted by Gasteiger charge is -2.38. The van der Waals surface area contributed by atoms with Crippen molar-refractivity contribution in [1.82, 2.24) is 4.90 Å². The molecular formula is C18H20N2O3S. The second-order valence-electron chi connectivity index (χ2n) is 6.34. The molecule has 24 heavy (non-hydrogen) atoms. The number of thiophene rings is 1. The normalized spacial score (nSPS) is 16.7. The van der Waals surface area contributed by atoms with Crippen LogP contribution in [0, 0.1) is 0 Å². The largest absolute Gasteiger partial charge is 0.372 e. The molecule has 1 aromatic carbocycles. The third-order valence-corrected chi connectivity index (χ3v) is 4.72. The van der Waals surface area contributed by atoms with Crippen LogP contribution in [0.5, 0.6) is 0 Å². The van der Waals surface area contributed by atoms with E-state index in [4.69, 9.17) is 4.74 Å². The van der Waals surface area contributed by atoms with E-state index in [1.165, 1.54) is 11.3 Å². The Morgan fingerprint density at radius 1 is 1.21 bits per heavy atom. The monoisotopic (exact) mass is 344 g/mol. The van der Waals surface area contributed by atoms with Gasteiger partial charge in [0.15, 0.2) is 0 Å². The summed E-state index contributed by atoms with van der Waals surface area (Å²) in [6, 6.07) is 10.6. The molecule has 1 fully saturated rings. The standard InChI is InChI=1S/C18H20N2O3S/c1-18(2)12-20(9-10-23-18)17(22)13-5-7-14(8-6-13)19-16(21)15-4-3-11-24-15/h3-8,11H,9-10,12H2,1-2H3,(H,19,21). The fraction of sp³-hybridized carbons (Fsp3) is 0.333. The number of rotatable bonds is 3. The highest BCUT2D eigenvalue weighted by Gasteiger charge is 2.30. The van der Waals surface area contributed by atoms with Crippen LogP contribution < -0.4 is 5.32 Å². The molecule has 126 valence electrons. The smallest absolute Gasteiger partial charge is 0.265 e. The van der Waals surface area contributed by atoms with Gasteiger partial charge in [0.2, 0.25) is 0 Å². The second-order valence-corrected chi connectivity index (χ2v) is 7.29. The predicted octanol–water partition coefficient (Wildman–Crippen LogP) is 3.25. The molecule has 1 aliphatic heterocycles. The number of anilines is 1. The highest BCUT2D eigenvalue weighted by Crippen LogP contribution is 2.20. The molecule has 0 atom stereocenters. The average Bonchev–Trinajstić information content (AvgIpc) is 3.08. The second kappa shape index (κ2) is 6.75. The number of hydrogen-bond donors (Lipinski definition) is 1. The van der Waals surface area contributed by atoms with Gasteiger partial charge in [-0.3, -0.25) is 9.59 Å². The summed E-state index contributed by atoms with van der Waals surface area (Å²) in [6.45, 7) is 5.68. The van der Waals surface area contributed by atoms with Crippen molar-refractivity contribution in [3.63, 3.8) is 0 Å². The number of carbonyl (C=O) groups is 2. The van der Waals surface area contributed by atoms with Gasteiger partial charge in [0.05, 0.1) is 17.1 Å². The third kappa shape index (κ3) is 3.83. The summed E-state index contributed by atoms with van der Waals surface area (Å²) < 4.78 is 5.64. The zero-order valence-corrected chi connectivity index (χ0v) is 14.6. The molecule has 1 aliphatic rings. The van der Waals surface area contributed by atoms with Gasteiger partial charge in [-0.2, -0.15) is 0 Å². The number of nitrogens with one attached hydrogen (secondary N) is 1. The fourth-order valence-corrected chi connectivity index (χ4v) is 3.29. The first kappa shape index (κ1) is 16.7. The van der Waals surface area contributed by atoms with E-state index >= 15 is 0 Å².